The van der Waals surface area contributed by atoms with Crippen molar-refractivity contribution in [2.24, 2.45) is 0 Å². The molecule has 1 aromatic carbocycles. The lowest BCUT2D eigenvalue weighted by Crippen LogP contribution is -2.35. The molecule has 1 fully saturated rings. The lowest BCUT2D eigenvalue weighted by atomic mass is 10.1. The van der Waals surface area contributed by atoms with E-state index < -0.39 is 10.0 Å². The lowest BCUT2D eigenvalue weighted by molar-refractivity contribution is 0.0742. The van der Waals surface area contributed by atoms with E-state index in [2.05, 4.69) is 0 Å². The highest BCUT2D eigenvalue weighted by molar-refractivity contribution is 7.89. The smallest absolute Gasteiger partial charge is 0.255 e. The molecule has 2 rings (SSSR count). The molecule has 0 saturated carbocycles. The number of nitrogens with zero attached hydrogens (tertiary/aromatic N) is 2. The predicted molar refractivity (Wildman–Crippen MR) is 101 cm³/mol. The molecule has 1 aliphatic rings. The predicted octanol–water partition coefficient (Wildman–Crippen LogP) is 3.78. The number of sulfonamides is 1. The molecule has 0 atom stereocenters. The van der Waals surface area contributed by atoms with Crippen molar-refractivity contribution in [1.82, 2.24) is 9.21 Å². The number of carbonyl (C=O) groups excluding carboxylic acids is 1. The van der Waals surface area contributed by atoms with E-state index in [4.69, 9.17) is 11.6 Å². The van der Waals surface area contributed by atoms with Gasteiger partial charge in [0.2, 0.25) is 10.0 Å². The van der Waals surface area contributed by atoms with E-state index >= 15 is 0 Å². The van der Waals surface area contributed by atoms with Crippen molar-refractivity contribution in [1.29, 1.82) is 0 Å². The van der Waals surface area contributed by atoms with E-state index in [9.17, 15) is 13.2 Å². The van der Waals surface area contributed by atoms with Gasteiger partial charge in [-0.05, 0) is 44.9 Å². The Morgan fingerprint density at radius 1 is 1.12 bits per heavy atom. The number of carbonyl (C=O) groups is 1. The van der Waals surface area contributed by atoms with E-state index in [1.807, 2.05) is 0 Å². The molecule has 5 nitrogen and oxygen atoms in total. The molecule has 0 N–H and O–H groups in total. The molecule has 140 valence electrons. The van der Waals surface area contributed by atoms with Crippen LogP contribution < -0.4 is 0 Å². The first kappa shape index (κ1) is 20.2. The zero-order valence-electron chi connectivity index (χ0n) is 15.2. The normalized spacial score (nSPS) is 16.8. The minimum atomic E-state index is -3.65. The Labute approximate surface area is 156 Å². The van der Waals surface area contributed by atoms with Crippen LogP contribution in [0.3, 0.4) is 0 Å². The molecule has 7 heteroatoms. The van der Waals surface area contributed by atoms with Gasteiger partial charge in [-0.2, -0.15) is 4.31 Å². The van der Waals surface area contributed by atoms with Gasteiger partial charge in [-0.1, -0.05) is 30.9 Å². The highest BCUT2D eigenvalue weighted by Crippen LogP contribution is 2.25. The van der Waals surface area contributed by atoms with Gasteiger partial charge in [0.05, 0.1) is 15.5 Å². The summed E-state index contributed by atoms with van der Waals surface area (Å²) < 4.78 is 26.7. The molecule has 1 aliphatic heterocycles. The number of hydrogen-bond acceptors (Lipinski definition) is 3. The molecule has 0 spiro atoms. The Bertz CT molecular complexity index is 711. The summed E-state index contributed by atoms with van der Waals surface area (Å²) in [5.41, 5.74) is 0.264. The Morgan fingerprint density at radius 3 is 2.24 bits per heavy atom. The first-order chi connectivity index (χ1) is 11.7. The quantitative estimate of drug-likeness (QED) is 0.791. The van der Waals surface area contributed by atoms with Crippen molar-refractivity contribution in [3.8, 4) is 0 Å². The minimum absolute atomic E-state index is 0.100. The third-order valence-corrected chi connectivity index (χ3v) is 7.07. The molecule has 1 heterocycles. The molecule has 1 aromatic rings. The van der Waals surface area contributed by atoms with Crippen LogP contribution in [-0.2, 0) is 10.0 Å². The average Bonchev–Trinajstić information content (AvgIpc) is 2.53. The van der Waals surface area contributed by atoms with Crippen LogP contribution in [0.1, 0.15) is 56.3 Å². The molecule has 1 saturated heterocycles. The van der Waals surface area contributed by atoms with Crippen LogP contribution in [0.5, 0.6) is 0 Å². The van der Waals surface area contributed by atoms with Crippen LogP contribution in [0.2, 0.25) is 5.02 Å². The molecule has 25 heavy (non-hydrogen) atoms. The summed E-state index contributed by atoms with van der Waals surface area (Å²) in [4.78, 5) is 14.8. The fourth-order valence-corrected chi connectivity index (χ4v) is 4.49. The molecular weight excluding hydrogens is 360 g/mol. The van der Waals surface area contributed by atoms with Gasteiger partial charge in [0.25, 0.3) is 5.91 Å². The maximum atomic E-state index is 12.9. The van der Waals surface area contributed by atoms with Gasteiger partial charge in [-0.3, -0.25) is 4.79 Å². The van der Waals surface area contributed by atoms with Crippen LogP contribution in [0.4, 0.5) is 0 Å². The zero-order chi connectivity index (χ0) is 18.6. The van der Waals surface area contributed by atoms with Gasteiger partial charge in [0, 0.05) is 26.2 Å². The van der Waals surface area contributed by atoms with Gasteiger partial charge in [-0.15, -0.1) is 0 Å². The van der Waals surface area contributed by atoms with Gasteiger partial charge < -0.3 is 4.90 Å². The number of benzene rings is 1. The zero-order valence-corrected chi connectivity index (χ0v) is 16.7. The molecule has 0 unspecified atom stereocenters. The van der Waals surface area contributed by atoms with Crippen LogP contribution in [0.25, 0.3) is 0 Å². The summed E-state index contributed by atoms with van der Waals surface area (Å²) in [6.45, 7) is 5.00. The van der Waals surface area contributed by atoms with Crippen molar-refractivity contribution in [2.45, 2.75) is 56.9 Å². The summed E-state index contributed by atoms with van der Waals surface area (Å²) in [6.07, 6.45) is 5.38. The third kappa shape index (κ3) is 4.74. The standard InChI is InChI=1S/C18H27ClN2O3S/c1-14(2)20(3)25(23,24)15-9-10-17(19)16(13-15)18(22)21-11-7-5-4-6-8-12-21/h9-10,13-14H,4-8,11-12H2,1-3H3. The lowest BCUT2D eigenvalue weighted by Gasteiger charge is -2.26. The second-order valence-corrected chi connectivity index (χ2v) is 9.22. The minimum Gasteiger partial charge on any atom is -0.339 e. The first-order valence-electron chi connectivity index (χ1n) is 8.82. The highest BCUT2D eigenvalue weighted by Gasteiger charge is 2.26. The first-order valence-corrected chi connectivity index (χ1v) is 10.6. The van der Waals surface area contributed by atoms with Crippen molar-refractivity contribution >= 4 is 27.5 Å². The fraction of sp³-hybridized carbons (Fsp3) is 0.611. The van der Waals surface area contributed by atoms with E-state index in [1.54, 1.807) is 18.7 Å². The Morgan fingerprint density at radius 2 is 1.68 bits per heavy atom. The van der Waals surface area contributed by atoms with Gasteiger partial charge in [0.15, 0.2) is 0 Å². The van der Waals surface area contributed by atoms with Crippen LogP contribution >= 0.6 is 11.6 Å². The van der Waals surface area contributed by atoms with E-state index in [0.29, 0.717) is 18.1 Å². The van der Waals surface area contributed by atoms with Crippen molar-refractivity contribution in [3.05, 3.63) is 28.8 Å². The summed E-state index contributed by atoms with van der Waals surface area (Å²) >= 11 is 6.22. The van der Waals surface area contributed by atoms with Crippen molar-refractivity contribution in [2.75, 3.05) is 20.1 Å². The molecule has 0 aliphatic carbocycles. The average molecular weight is 387 g/mol. The summed E-state index contributed by atoms with van der Waals surface area (Å²) in [5, 5.41) is 0.290. The number of amides is 1. The van der Waals surface area contributed by atoms with Crippen molar-refractivity contribution < 1.29 is 13.2 Å². The number of halogens is 1. The molecule has 0 bridgehead atoms. The van der Waals surface area contributed by atoms with Crippen molar-refractivity contribution in [3.63, 3.8) is 0 Å². The maximum Gasteiger partial charge on any atom is 0.255 e. The topological polar surface area (TPSA) is 57.7 Å². The largest absolute Gasteiger partial charge is 0.339 e. The SMILES string of the molecule is CC(C)N(C)S(=O)(=O)c1ccc(Cl)c(C(=O)N2CCCCCCC2)c1. The third-order valence-electron chi connectivity index (χ3n) is 4.72. The molecule has 0 aromatic heterocycles. The second kappa shape index (κ2) is 8.52. The van der Waals surface area contributed by atoms with Gasteiger partial charge in [0.1, 0.15) is 0 Å². The number of rotatable bonds is 4. The van der Waals surface area contributed by atoms with Gasteiger partial charge >= 0.3 is 0 Å². The Hall–Kier alpha value is -1.11. The highest BCUT2D eigenvalue weighted by atomic mass is 35.5. The van der Waals surface area contributed by atoms with Gasteiger partial charge in [-0.25, -0.2) is 8.42 Å². The second-order valence-electron chi connectivity index (χ2n) is 6.82. The van der Waals surface area contributed by atoms with E-state index in [-0.39, 0.29) is 22.4 Å². The molecule has 0 radical (unpaired) electrons. The van der Waals surface area contributed by atoms with E-state index in [0.717, 1.165) is 25.7 Å². The van der Waals surface area contributed by atoms with Crippen LogP contribution in [0.15, 0.2) is 23.1 Å². The summed E-state index contributed by atoms with van der Waals surface area (Å²) in [6, 6.07) is 4.20. The van der Waals surface area contributed by atoms with Crippen LogP contribution in [-0.4, -0.2) is 49.7 Å². The number of likely N-dealkylation sites (tertiary alicyclic amines) is 1. The monoisotopic (exact) mass is 386 g/mol. The number of hydrogen-bond donors (Lipinski definition) is 0. The molecular formula is C18H27ClN2O3S. The Balaban J connectivity index is 2.33. The summed E-state index contributed by atoms with van der Waals surface area (Å²) in [7, 11) is -2.11. The molecule has 1 amide bonds. The maximum absolute atomic E-state index is 12.9. The van der Waals surface area contributed by atoms with E-state index in [1.165, 1.54) is 36.0 Å². The van der Waals surface area contributed by atoms with Crippen LogP contribution in [0, 0.1) is 0 Å². The fourth-order valence-electron chi connectivity index (χ4n) is 2.89. The Kier molecular flexibility index (Phi) is 6.88. The summed E-state index contributed by atoms with van der Waals surface area (Å²) in [5.74, 6) is -0.184.